The van der Waals surface area contributed by atoms with Crippen molar-refractivity contribution in [2.24, 2.45) is 0 Å². The van der Waals surface area contributed by atoms with Crippen LogP contribution in [0, 0.1) is 6.92 Å². The first-order chi connectivity index (χ1) is 10.3. The number of aromatic nitrogens is 1. The molecule has 3 heteroatoms. The maximum absolute atomic E-state index is 4.55. The quantitative estimate of drug-likeness (QED) is 0.933. The fourth-order valence-corrected chi connectivity index (χ4v) is 2.97. The molecule has 1 aromatic heterocycles. The van der Waals surface area contributed by atoms with Crippen LogP contribution in [0.4, 0.5) is 0 Å². The van der Waals surface area contributed by atoms with Crippen LogP contribution in [0.15, 0.2) is 48.7 Å². The Morgan fingerprint density at radius 3 is 2.86 bits per heavy atom. The third kappa shape index (κ3) is 3.69. The third-order valence-corrected chi connectivity index (χ3v) is 4.26. The Morgan fingerprint density at radius 1 is 1.19 bits per heavy atom. The molecule has 1 aromatic carbocycles. The fourth-order valence-electron chi connectivity index (χ4n) is 2.97. The predicted molar refractivity (Wildman–Crippen MR) is 86.2 cm³/mol. The Labute approximate surface area is 127 Å². The SMILES string of the molecule is Cc1cccnc1CN1CCNCC1Cc1ccccc1. The van der Waals surface area contributed by atoms with Crippen LogP contribution in [0.2, 0.25) is 0 Å². The summed E-state index contributed by atoms with van der Waals surface area (Å²) in [6.07, 6.45) is 3.00. The molecule has 1 unspecified atom stereocenters. The highest BCUT2D eigenvalue weighted by atomic mass is 15.2. The monoisotopic (exact) mass is 281 g/mol. The molecule has 1 fully saturated rings. The minimum Gasteiger partial charge on any atom is -0.314 e. The van der Waals surface area contributed by atoms with Crippen LogP contribution >= 0.6 is 0 Å². The maximum atomic E-state index is 4.55. The van der Waals surface area contributed by atoms with Gasteiger partial charge in [0, 0.05) is 38.4 Å². The lowest BCUT2D eigenvalue weighted by molar-refractivity contribution is 0.150. The van der Waals surface area contributed by atoms with Crippen molar-refractivity contribution in [1.82, 2.24) is 15.2 Å². The molecule has 1 atom stereocenters. The van der Waals surface area contributed by atoms with E-state index >= 15 is 0 Å². The second-order valence-electron chi connectivity index (χ2n) is 5.79. The Morgan fingerprint density at radius 2 is 2.05 bits per heavy atom. The van der Waals surface area contributed by atoms with Crippen LogP contribution in [0.3, 0.4) is 0 Å². The minimum absolute atomic E-state index is 0.544. The molecule has 0 amide bonds. The van der Waals surface area contributed by atoms with E-state index in [1.807, 2.05) is 12.3 Å². The number of aryl methyl sites for hydroxylation is 1. The number of rotatable bonds is 4. The highest BCUT2D eigenvalue weighted by Gasteiger charge is 2.23. The van der Waals surface area contributed by atoms with Crippen molar-refractivity contribution >= 4 is 0 Å². The molecule has 2 heterocycles. The maximum Gasteiger partial charge on any atom is 0.0573 e. The summed E-state index contributed by atoms with van der Waals surface area (Å²) >= 11 is 0. The third-order valence-electron chi connectivity index (χ3n) is 4.26. The van der Waals surface area contributed by atoms with E-state index in [0.717, 1.165) is 32.6 Å². The Kier molecular flexibility index (Phi) is 4.63. The van der Waals surface area contributed by atoms with E-state index in [0.29, 0.717) is 6.04 Å². The molecule has 0 radical (unpaired) electrons. The van der Waals surface area contributed by atoms with Gasteiger partial charge >= 0.3 is 0 Å². The van der Waals surface area contributed by atoms with Crippen molar-refractivity contribution in [2.75, 3.05) is 19.6 Å². The fraction of sp³-hybridized carbons (Fsp3) is 0.389. The van der Waals surface area contributed by atoms with E-state index in [1.165, 1.54) is 16.8 Å². The van der Waals surface area contributed by atoms with Gasteiger partial charge in [-0.05, 0) is 30.5 Å². The van der Waals surface area contributed by atoms with Gasteiger partial charge in [0.2, 0.25) is 0 Å². The molecule has 3 nitrogen and oxygen atoms in total. The van der Waals surface area contributed by atoms with Crippen LogP contribution in [-0.2, 0) is 13.0 Å². The first kappa shape index (κ1) is 14.2. The molecule has 21 heavy (non-hydrogen) atoms. The Hall–Kier alpha value is -1.71. The average Bonchev–Trinajstić information content (AvgIpc) is 2.52. The van der Waals surface area contributed by atoms with Crippen molar-refractivity contribution in [3.8, 4) is 0 Å². The molecule has 1 aliphatic heterocycles. The van der Waals surface area contributed by atoms with Gasteiger partial charge in [0.05, 0.1) is 5.69 Å². The van der Waals surface area contributed by atoms with E-state index in [4.69, 9.17) is 0 Å². The number of benzene rings is 1. The standard InChI is InChI=1S/C18H23N3/c1-15-6-5-9-20-18(15)14-21-11-10-19-13-17(21)12-16-7-3-2-4-8-16/h2-9,17,19H,10-14H2,1H3. The Balaban J connectivity index is 1.71. The molecule has 0 bridgehead atoms. The average molecular weight is 281 g/mol. The van der Waals surface area contributed by atoms with Crippen molar-refractivity contribution in [3.63, 3.8) is 0 Å². The van der Waals surface area contributed by atoms with Gasteiger partial charge in [0.25, 0.3) is 0 Å². The Bertz CT molecular complexity index is 568. The summed E-state index contributed by atoms with van der Waals surface area (Å²) in [4.78, 5) is 7.12. The smallest absolute Gasteiger partial charge is 0.0573 e. The molecule has 1 saturated heterocycles. The molecular formula is C18H23N3. The largest absolute Gasteiger partial charge is 0.314 e. The van der Waals surface area contributed by atoms with E-state index < -0.39 is 0 Å². The van der Waals surface area contributed by atoms with Gasteiger partial charge in [0.15, 0.2) is 0 Å². The van der Waals surface area contributed by atoms with Crippen LogP contribution in [0.1, 0.15) is 16.8 Å². The summed E-state index contributed by atoms with van der Waals surface area (Å²) in [6.45, 7) is 6.31. The number of hydrogen-bond acceptors (Lipinski definition) is 3. The summed E-state index contributed by atoms with van der Waals surface area (Å²) in [5.74, 6) is 0. The number of nitrogens with one attached hydrogen (secondary N) is 1. The van der Waals surface area contributed by atoms with E-state index in [-0.39, 0.29) is 0 Å². The summed E-state index contributed by atoms with van der Waals surface area (Å²) in [6, 6.07) is 15.5. The number of piperazine rings is 1. The van der Waals surface area contributed by atoms with Crippen molar-refractivity contribution in [2.45, 2.75) is 25.9 Å². The molecular weight excluding hydrogens is 258 g/mol. The van der Waals surface area contributed by atoms with Crippen LogP contribution < -0.4 is 5.32 Å². The van der Waals surface area contributed by atoms with Gasteiger partial charge in [-0.1, -0.05) is 36.4 Å². The lowest BCUT2D eigenvalue weighted by Crippen LogP contribution is -2.51. The molecule has 0 saturated carbocycles. The lowest BCUT2D eigenvalue weighted by Gasteiger charge is -2.36. The molecule has 1 N–H and O–H groups in total. The van der Waals surface area contributed by atoms with Crippen LogP contribution in [-0.4, -0.2) is 35.6 Å². The topological polar surface area (TPSA) is 28.2 Å². The summed E-state index contributed by atoms with van der Waals surface area (Å²) in [5, 5.41) is 3.52. The lowest BCUT2D eigenvalue weighted by atomic mass is 10.0. The normalized spacial score (nSPS) is 19.6. The highest BCUT2D eigenvalue weighted by molar-refractivity contribution is 5.19. The zero-order valence-corrected chi connectivity index (χ0v) is 12.6. The first-order valence-corrected chi connectivity index (χ1v) is 7.72. The van der Waals surface area contributed by atoms with Gasteiger partial charge < -0.3 is 5.32 Å². The number of nitrogens with zero attached hydrogens (tertiary/aromatic N) is 2. The van der Waals surface area contributed by atoms with Gasteiger partial charge in [-0.2, -0.15) is 0 Å². The van der Waals surface area contributed by atoms with Crippen molar-refractivity contribution < 1.29 is 0 Å². The van der Waals surface area contributed by atoms with Gasteiger partial charge in [-0.25, -0.2) is 0 Å². The second-order valence-corrected chi connectivity index (χ2v) is 5.79. The summed E-state index contributed by atoms with van der Waals surface area (Å²) in [5.41, 5.74) is 3.90. The molecule has 110 valence electrons. The highest BCUT2D eigenvalue weighted by Crippen LogP contribution is 2.15. The van der Waals surface area contributed by atoms with Crippen molar-refractivity contribution in [1.29, 1.82) is 0 Å². The summed E-state index contributed by atoms with van der Waals surface area (Å²) < 4.78 is 0. The summed E-state index contributed by atoms with van der Waals surface area (Å²) in [7, 11) is 0. The zero-order valence-electron chi connectivity index (χ0n) is 12.6. The molecule has 0 aliphatic carbocycles. The van der Waals surface area contributed by atoms with E-state index in [2.05, 4.69) is 58.5 Å². The first-order valence-electron chi connectivity index (χ1n) is 7.72. The zero-order chi connectivity index (χ0) is 14.5. The minimum atomic E-state index is 0.544. The van der Waals surface area contributed by atoms with Crippen LogP contribution in [0.5, 0.6) is 0 Å². The molecule has 3 rings (SSSR count). The molecule has 0 spiro atoms. The molecule has 2 aromatic rings. The molecule has 1 aliphatic rings. The number of pyridine rings is 1. The van der Waals surface area contributed by atoms with Gasteiger partial charge in [-0.15, -0.1) is 0 Å². The van der Waals surface area contributed by atoms with Crippen LogP contribution in [0.25, 0.3) is 0 Å². The van der Waals surface area contributed by atoms with Crippen molar-refractivity contribution in [3.05, 3.63) is 65.5 Å². The number of hydrogen-bond donors (Lipinski definition) is 1. The van der Waals surface area contributed by atoms with Gasteiger partial charge in [-0.3, -0.25) is 9.88 Å². The van der Waals surface area contributed by atoms with E-state index in [9.17, 15) is 0 Å². The predicted octanol–water partition coefficient (Wildman–Crippen LogP) is 2.41. The second kappa shape index (κ2) is 6.83. The van der Waals surface area contributed by atoms with Gasteiger partial charge in [0.1, 0.15) is 0 Å². The van der Waals surface area contributed by atoms with E-state index in [1.54, 1.807) is 0 Å².